The van der Waals surface area contributed by atoms with Gasteiger partial charge in [-0.25, -0.2) is 0 Å². The predicted octanol–water partition coefficient (Wildman–Crippen LogP) is 2.43. The van der Waals surface area contributed by atoms with Gasteiger partial charge >= 0.3 is 0 Å². The van der Waals surface area contributed by atoms with Crippen molar-refractivity contribution in [3.63, 3.8) is 0 Å². The molecule has 0 saturated heterocycles. The molecule has 0 amide bonds. The third-order valence-corrected chi connectivity index (χ3v) is 2.28. The average Bonchev–Trinajstić information content (AvgIpc) is 2.14. The first-order valence-corrected chi connectivity index (χ1v) is 3.55. The van der Waals surface area contributed by atoms with Crippen molar-refractivity contribution >= 4 is 11.3 Å². The monoisotopic (exact) mass is 125 g/mol. The maximum Gasteiger partial charge on any atom is 0.00744 e. The molecule has 0 aliphatic carbocycles. The van der Waals surface area contributed by atoms with Gasteiger partial charge in [0.2, 0.25) is 0 Å². The van der Waals surface area contributed by atoms with Crippen LogP contribution in [0.1, 0.15) is 10.4 Å². The summed E-state index contributed by atoms with van der Waals surface area (Å²) in [6.07, 6.45) is 0.934. The van der Waals surface area contributed by atoms with Gasteiger partial charge in [-0.15, -0.1) is 11.3 Å². The molecule has 0 unspecified atom stereocenters. The van der Waals surface area contributed by atoms with Crippen molar-refractivity contribution in [1.29, 1.82) is 0 Å². The molecule has 1 rings (SSSR count). The van der Waals surface area contributed by atoms with Crippen LogP contribution in [0.5, 0.6) is 0 Å². The van der Waals surface area contributed by atoms with Gasteiger partial charge < -0.3 is 0 Å². The third-order valence-electron chi connectivity index (χ3n) is 1.20. The highest BCUT2D eigenvalue weighted by molar-refractivity contribution is 7.10. The van der Waals surface area contributed by atoms with Gasteiger partial charge in [0.25, 0.3) is 0 Å². The van der Waals surface area contributed by atoms with Crippen molar-refractivity contribution in [2.45, 2.75) is 13.3 Å². The van der Waals surface area contributed by atoms with Crippen molar-refractivity contribution in [2.75, 3.05) is 0 Å². The van der Waals surface area contributed by atoms with E-state index in [0.717, 1.165) is 6.42 Å². The van der Waals surface area contributed by atoms with E-state index in [2.05, 4.69) is 25.3 Å². The van der Waals surface area contributed by atoms with E-state index in [0.29, 0.717) is 0 Å². The van der Waals surface area contributed by atoms with E-state index >= 15 is 0 Å². The van der Waals surface area contributed by atoms with Crippen molar-refractivity contribution < 1.29 is 0 Å². The molecule has 1 radical (unpaired) electrons. The first-order chi connectivity index (χ1) is 3.84. The van der Waals surface area contributed by atoms with Crippen LogP contribution in [0.2, 0.25) is 0 Å². The molecule has 0 spiro atoms. The fourth-order valence-electron chi connectivity index (χ4n) is 0.660. The Morgan fingerprint density at radius 2 is 2.50 bits per heavy atom. The SMILES string of the molecule is [CH2]Cc1sccc1C. The van der Waals surface area contributed by atoms with Crippen LogP contribution in [-0.2, 0) is 6.42 Å². The molecule has 1 heterocycles. The van der Waals surface area contributed by atoms with Crippen LogP contribution in [0.3, 0.4) is 0 Å². The quantitative estimate of drug-likeness (QED) is 0.540. The van der Waals surface area contributed by atoms with Crippen LogP contribution in [-0.4, -0.2) is 0 Å². The Morgan fingerprint density at radius 1 is 1.75 bits per heavy atom. The molecule has 0 aliphatic heterocycles. The van der Waals surface area contributed by atoms with Crippen LogP contribution < -0.4 is 0 Å². The summed E-state index contributed by atoms with van der Waals surface area (Å²) >= 11 is 1.79. The highest BCUT2D eigenvalue weighted by atomic mass is 32.1. The summed E-state index contributed by atoms with van der Waals surface area (Å²) in [5.41, 5.74) is 1.38. The number of hydrogen-bond donors (Lipinski definition) is 0. The number of rotatable bonds is 1. The first kappa shape index (κ1) is 5.83. The summed E-state index contributed by atoms with van der Waals surface area (Å²) in [6, 6.07) is 2.13. The second-order valence-corrected chi connectivity index (χ2v) is 2.78. The second-order valence-electron chi connectivity index (χ2n) is 1.78. The smallest absolute Gasteiger partial charge is 0.00744 e. The normalized spacial score (nSPS) is 9.75. The molecule has 0 nitrogen and oxygen atoms in total. The summed E-state index contributed by atoms with van der Waals surface area (Å²) in [7, 11) is 0. The van der Waals surface area contributed by atoms with E-state index in [9.17, 15) is 0 Å². The molecular formula is C7H9S. The zero-order valence-electron chi connectivity index (χ0n) is 4.98. The lowest BCUT2D eigenvalue weighted by atomic mass is 10.2. The van der Waals surface area contributed by atoms with Gasteiger partial charge in [-0.1, -0.05) is 0 Å². The van der Waals surface area contributed by atoms with Crippen molar-refractivity contribution in [3.05, 3.63) is 28.8 Å². The number of thiophene rings is 1. The Morgan fingerprint density at radius 3 is 2.75 bits per heavy atom. The summed E-state index contributed by atoms with van der Waals surface area (Å²) in [5, 5.41) is 2.11. The molecule has 0 saturated carbocycles. The van der Waals surface area contributed by atoms with Crippen LogP contribution >= 0.6 is 11.3 Å². The Balaban J connectivity index is 2.92. The molecule has 0 aromatic carbocycles. The lowest BCUT2D eigenvalue weighted by molar-refractivity contribution is 1.29. The van der Waals surface area contributed by atoms with Crippen molar-refractivity contribution in [1.82, 2.24) is 0 Å². The highest BCUT2D eigenvalue weighted by Gasteiger charge is 1.92. The molecule has 0 bridgehead atoms. The molecule has 8 heavy (non-hydrogen) atoms. The Kier molecular flexibility index (Phi) is 1.69. The fourth-order valence-corrected chi connectivity index (χ4v) is 1.47. The summed E-state index contributed by atoms with van der Waals surface area (Å²) in [6.45, 7) is 5.92. The van der Waals surface area contributed by atoms with Crippen LogP contribution in [0.25, 0.3) is 0 Å². The average molecular weight is 125 g/mol. The third kappa shape index (κ3) is 0.920. The van der Waals surface area contributed by atoms with Crippen LogP contribution in [0.15, 0.2) is 11.4 Å². The van der Waals surface area contributed by atoms with Gasteiger partial charge in [-0.3, -0.25) is 0 Å². The highest BCUT2D eigenvalue weighted by Crippen LogP contribution is 2.14. The van der Waals surface area contributed by atoms with E-state index in [1.165, 1.54) is 10.4 Å². The molecule has 1 aromatic heterocycles. The maximum absolute atomic E-state index is 3.80. The lowest BCUT2D eigenvalue weighted by Gasteiger charge is -1.87. The maximum atomic E-state index is 3.80. The molecule has 43 valence electrons. The minimum atomic E-state index is 0.934. The number of aryl methyl sites for hydroxylation is 1. The molecule has 1 aromatic rings. The van der Waals surface area contributed by atoms with Gasteiger partial charge in [0.1, 0.15) is 0 Å². The molecule has 0 aliphatic rings. The second kappa shape index (κ2) is 2.31. The summed E-state index contributed by atoms with van der Waals surface area (Å²) in [5.74, 6) is 0. The van der Waals surface area contributed by atoms with Crippen LogP contribution in [0, 0.1) is 13.8 Å². The molecule has 0 atom stereocenters. The molecular weight excluding hydrogens is 116 g/mol. The minimum Gasteiger partial charge on any atom is -0.149 e. The zero-order valence-corrected chi connectivity index (χ0v) is 5.79. The van der Waals surface area contributed by atoms with Gasteiger partial charge in [-0.05, 0) is 37.3 Å². The van der Waals surface area contributed by atoms with E-state index in [-0.39, 0.29) is 0 Å². The first-order valence-electron chi connectivity index (χ1n) is 2.67. The van der Waals surface area contributed by atoms with Gasteiger partial charge in [0.15, 0.2) is 0 Å². The van der Waals surface area contributed by atoms with Crippen molar-refractivity contribution in [3.8, 4) is 0 Å². The topological polar surface area (TPSA) is 0 Å². The van der Waals surface area contributed by atoms with E-state index in [1.807, 2.05) is 0 Å². The van der Waals surface area contributed by atoms with E-state index in [4.69, 9.17) is 0 Å². The van der Waals surface area contributed by atoms with E-state index < -0.39 is 0 Å². The van der Waals surface area contributed by atoms with E-state index in [1.54, 1.807) is 11.3 Å². The van der Waals surface area contributed by atoms with Crippen LogP contribution in [0.4, 0.5) is 0 Å². The Hall–Kier alpha value is -0.300. The lowest BCUT2D eigenvalue weighted by Crippen LogP contribution is -1.73. The largest absolute Gasteiger partial charge is 0.149 e. The molecule has 0 N–H and O–H groups in total. The van der Waals surface area contributed by atoms with Crippen molar-refractivity contribution in [2.24, 2.45) is 0 Å². The summed E-state index contributed by atoms with van der Waals surface area (Å²) < 4.78 is 0. The number of hydrogen-bond acceptors (Lipinski definition) is 1. The van der Waals surface area contributed by atoms with Gasteiger partial charge in [-0.2, -0.15) is 0 Å². The van der Waals surface area contributed by atoms with Gasteiger partial charge in [0, 0.05) is 4.88 Å². The predicted molar refractivity (Wildman–Crippen MR) is 38.1 cm³/mol. The Labute approximate surface area is 54.2 Å². The molecule has 1 heteroatoms. The van der Waals surface area contributed by atoms with Gasteiger partial charge in [0.05, 0.1) is 0 Å². The fraction of sp³-hybridized carbons (Fsp3) is 0.286. The zero-order chi connectivity index (χ0) is 5.98. The Bertz CT molecular complexity index is 165. The molecule has 0 fully saturated rings. The standard InChI is InChI=1S/C7H9S/c1-3-7-6(2)4-5-8-7/h4-5H,1,3H2,2H3. The summed E-state index contributed by atoms with van der Waals surface area (Å²) in [4.78, 5) is 1.41. The minimum absolute atomic E-state index is 0.934.